The third-order valence-electron chi connectivity index (χ3n) is 3.95. The first kappa shape index (κ1) is 12.6. The number of rotatable bonds is 4. The summed E-state index contributed by atoms with van der Waals surface area (Å²) in [6, 6.07) is 3.87. The molecular formula is C12H18N2O2S2. The van der Waals surface area contributed by atoms with Crippen molar-refractivity contribution in [1.82, 2.24) is 4.31 Å². The van der Waals surface area contributed by atoms with Crippen LogP contribution in [0.15, 0.2) is 16.3 Å². The summed E-state index contributed by atoms with van der Waals surface area (Å²) >= 11 is 1.37. The minimum Gasteiger partial charge on any atom is -0.330 e. The Bertz CT molecular complexity index is 538. The minimum atomic E-state index is -3.26. The van der Waals surface area contributed by atoms with Crippen LogP contribution in [0.2, 0.25) is 0 Å². The number of thiophene rings is 1. The summed E-state index contributed by atoms with van der Waals surface area (Å²) in [6.07, 6.45) is 4.04. The lowest BCUT2D eigenvalue weighted by Crippen LogP contribution is -2.37. The van der Waals surface area contributed by atoms with Crippen LogP contribution in [0.4, 0.5) is 0 Å². The average molecular weight is 286 g/mol. The fourth-order valence-corrected chi connectivity index (χ4v) is 6.31. The summed E-state index contributed by atoms with van der Waals surface area (Å²) in [5.74, 6) is 0.591. The van der Waals surface area contributed by atoms with Crippen molar-refractivity contribution >= 4 is 21.4 Å². The van der Waals surface area contributed by atoms with E-state index in [-0.39, 0.29) is 6.04 Å². The molecular weight excluding hydrogens is 268 g/mol. The number of hydrogen-bond donors (Lipinski definition) is 1. The van der Waals surface area contributed by atoms with Crippen molar-refractivity contribution in [3.8, 4) is 0 Å². The molecule has 0 radical (unpaired) electrons. The first-order chi connectivity index (χ1) is 8.61. The Balaban J connectivity index is 1.85. The molecule has 1 aliphatic heterocycles. The van der Waals surface area contributed by atoms with E-state index < -0.39 is 10.0 Å². The largest absolute Gasteiger partial charge is 0.330 e. The van der Waals surface area contributed by atoms with Crippen molar-refractivity contribution in [2.24, 2.45) is 11.7 Å². The van der Waals surface area contributed by atoms with E-state index in [1.165, 1.54) is 17.8 Å². The SMILES string of the molecule is NCCc1ccc(S(=O)(=O)N2CC3CCC2C3)s1. The molecule has 2 fully saturated rings. The Morgan fingerprint density at radius 2 is 2.22 bits per heavy atom. The van der Waals surface area contributed by atoms with Gasteiger partial charge in [-0.05, 0) is 50.3 Å². The topological polar surface area (TPSA) is 63.4 Å². The molecule has 0 aromatic carbocycles. The van der Waals surface area contributed by atoms with Crippen molar-refractivity contribution in [2.75, 3.05) is 13.1 Å². The molecule has 3 rings (SSSR count). The number of nitrogens with two attached hydrogens (primary N) is 1. The van der Waals surface area contributed by atoms with Crippen molar-refractivity contribution in [3.05, 3.63) is 17.0 Å². The van der Waals surface area contributed by atoms with Gasteiger partial charge < -0.3 is 5.73 Å². The zero-order valence-corrected chi connectivity index (χ0v) is 11.8. The van der Waals surface area contributed by atoms with Crippen LogP contribution in [0.25, 0.3) is 0 Å². The molecule has 1 aliphatic carbocycles. The second kappa shape index (κ2) is 4.59. The molecule has 2 N–H and O–H groups in total. The third-order valence-corrected chi connectivity index (χ3v) is 7.48. The lowest BCUT2D eigenvalue weighted by molar-refractivity contribution is 0.334. The summed E-state index contributed by atoms with van der Waals surface area (Å²) in [5.41, 5.74) is 5.50. The first-order valence-corrected chi connectivity index (χ1v) is 8.67. The van der Waals surface area contributed by atoms with Gasteiger partial charge in [0.05, 0.1) is 0 Å². The number of piperidine rings is 1. The van der Waals surface area contributed by atoms with Gasteiger partial charge >= 0.3 is 0 Å². The Labute approximate surface area is 112 Å². The van der Waals surface area contributed by atoms with Gasteiger partial charge in [0.25, 0.3) is 10.0 Å². The van der Waals surface area contributed by atoms with Crippen molar-refractivity contribution in [1.29, 1.82) is 0 Å². The molecule has 2 aliphatic rings. The van der Waals surface area contributed by atoms with Gasteiger partial charge in [0, 0.05) is 17.5 Å². The van der Waals surface area contributed by atoms with Gasteiger partial charge in [-0.25, -0.2) is 8.42 Å². The van der Waals surface area contributed by atoms with Crippen LogP contribution in [-0.4, -0.2) is 31.9 Å². The molecule has 1 saturated carbocycles. The lowest BCUT2D eigenvalue weighted by Gasteiger charge is -2.25. The van der Waals surface area contributed by atoms with Crippen LogP contribution in [-0.2, 0) is 16.4 Å². The Kier molecular flexibility index (Phi) is 3.21. The zero-order chi connectivity index (χ0) is 12.8. The highest BCUT2D eigenvalue weighted by Gasteiger charge is 2.44. The standard InChI is InChI=1S/C12H18N2O2S2/c13-6-5-11-3-4-12(17-11)18(15,16)14-8-9-1-2-10(14)7-9/h3-4,9-10H,1-2,5-8,13H2. The smallest absolute Gasteiger partial charge is 0.252 e. The van der Waals surface area contributed by atoms with Crippen molar-refractivity contribution in [3.63, 3.8) is 0 Å². The highest BCUT2D eigenvalue weighted by atomic mass is 32.2. The molecule has 18 heavy (non-hydrogen) atoms. The fourth-order valence-electron chi connectivity index (χ4n) is 3.06. The van der Waals surface area contributed by atoms with Gasteiger partial charge in [-0.15, -0.1) is 11.3 Å². The molecule has 100 valence electrons. The quantitative estimate of drug-likeness (QED) is 0.910. The predicted molar refractivity (Wildman–Crippen MR) is 72.1 cm³/mol. The van der Waals surface area contributed by atoms with Crippen molar-refractivity contribution < 1.29 is 8.42 Å². The van der Waals surface area contributed by atoms with Crippen molar-refractivity contribution in [2.45, 2.75) is 35.9 Å². The number of sulfonamides is 1. The fraction of sp³-hybridized carbons (Fsp3) is 0.667. The average Bonchev–Trinajstić information content (AvgIpc) is 3.04. The predicted octanol–water partition coefficient (Wildman–Crippen LogP) is 1.42. The lowest BCUT2D eigenvalue weighted by atomic mass is 10.1. The van der Waals surface area contributed by atoms with E-state index in [2.05, 4.69) is 0 Å². The van der Waals surface area contributed by atoms with E-state index in [0.29, 0.717) is 16.7 Å². The first-order valence-electron chi connectivity index (χ1n) is 6.42. The van der Waals surface area contributed by atoms with Crippen LogP contribution < -0.4 is 5.73 Å². The monoisotopic (exact) mass is 286 g/mol. The molecule has 0 spiro atoms. The van der Waals surface area contributed by atoms with E-state index in [1.807, 2.05) is 6.07 Å². The maximum Gasteiger partial charge on any atom is 0.252 e. The summed E-state index contributed by atoms with van der Waals surface area (Å²) < 4.78 is 27.3. The van der Waals surface area contributed by atoms with E-state index in [1.54, 1.807) is 10.4 Å². The normalized spacial score (nSPS) is 28.1. The van der Waals surface area contributed by atoms with Gasteiger partial charge in [0.2, 0.25) is 0 Å². The van der Waals surface area contributed by atoms with E-state index in [4.69, 9.17) is 5.73 Å². The summed E-state index contributed by atoms with van der Waals surface area (Å²) in [7, 11) is -3.26. The Hall–Kier alpha value is -0.430. The molecule has 6 heteroatoms. The number of hydrogen-bond acceptors (Lipinski definition) is 4. The molecule has 1 saturated heterocycles. The number of fused-ring (bicyclic) bond motifs is 2. The molecule has 2 unspecified atom stereocenters. The summed E-state index contributed by atoms with van der Waals surface area (Å²) in [4.78, 5) is 1.06. The maximum atomic E-state index is 12.5. The zero-order valence-electron chi connectivity index (χ0n) is 10.2. The van der Waals surface area contributed by atoms with E-state index >= 15 is 0 Å². The van der Waals surface area contributed by atoms with Crippen LogP contribution in [0.3, 0.4) is 0 Å². The van der Waals surface area contributed by atoms with E-state index in [0.717, 1.165) is 30.7 Å². The summed E-state index contributed by atoms with van der Waals surface area (Å²) in [6.45, 7) is 1.28. The second-order valence-corrected chi connectivity index (χ2v) is 8.45. The molecule has 1 aromatic rings. The maximum absolute atomic E-state index is 12.5. The van der Waals surface area contributed by atoms with Gasteiger partial charge in [0.1, 0.15) is 4.21 Å². The molecule has 2 atom stereocenters. The van der Waals surface area contributed by atoms with Crippen LogP contribution in [0, 0.1) is 5.92 Å². The molecule has 1 aromatic heterocycles. The Morgan fingerprint density at radius 1 is 1.39 bits per heavy atom. The summed E-state index contributed by atoms with van der Waals surface area (Å²) in [5, 5.41) is 0. The molecule has 4 nitrogen and oxygen atoms in total. The minimum absolute atomic E-state index is 0.250. The molecule has 0 amide bonds. The van der Waals surface area contributed by atoms with Crippen LogP contribution in [0.1, 0.15) is 24.1 Å². The Morgan fingerprint density at radius 3 is 2.83 bits per heavy atom. The number of nitrogens with zero attached hydrogens (tertiary/aromatic N) is 1. The van der Waals surface area contributed by atoms with Gasteiger partial charge in [0.15, 0.2) is 0 Å². The van der Waals surface area contributed by atoms with E-state index in [9.17, 15) is 8.42 Å². The second-order valence-electron chi connectivity index (χ2n) is 5.17. The molecule has 2 bridgehead atoms. The third kappa shape index (κ3) is 2.01. The van der Waals surface area contributed by atoms with Crippen LogP contribution in [0.5, 0.6) is 0 Å². The van der Waals surface area contributed by atoms with Gasteiger partial charge in [-0.3, -0.25) is 0 Å². The van der Waals surface area contributed by atoms with Gasteiger partial charge in [-0.1, -0.05) is 0 Å². The molecule has 2 heterocycles. The van der Waals surface area contributed by atoms with Crippen LogP contribution >= 0.6 is 11.3 Å². The highest BCUT2D eigenvalue weighted by molar-refractivity contribution is 7.91. The highest BCUT2D eigenvalue weighted by Crippen LogP contribution is 2.41. The van der Waals surface area contributed by atoms with Gasteiger partial charge in [-0.2, -0.15) is 4.31 Å².